The topological polar surface area (TPSA) is 89.9 Å². The number of rotatable bonds is 9. The molecule has 0 aliphatic heterocycles. The molecule has 0 amide bonds. The van der Waals surface area contributed by atoms with Gasteiger partial charge >= 0.3 is 11.9 Å². The molecule has 0 bridgehead atoms. The van der Waals surface area contributed by atoms with Crippen LogP contribution >= 0.6 is 0 Å². The largest absolute Gasteiger partial charge is 0.460 e. The number of carbonyl (C=O) groups excluding carboxylic acids is 3. The second kappa shape index (κ2) is 11.6. The minimum Gasteiger partial charge on any atom is -0.460 e. The summed E-state index contributed by atoms with van der Waals surface area (Å²) < 4.78 is 11.0. The normalized spacial score (nSPS) is 18.3. The third-order valence-corrected chi connectivity index (χ3v) is 6.42. The highest BCUT2D eigenvalue weighted by molar-refractivity contribution is 5.97. The van der Waals surface area contributed by atoms with Crippen LogP contribution in [0.5, 0.6) is 0 Å². The van der Waals surface area contributed by atoms with E-state index in [1.165, 1.54) is 0 Å². The standard InChI is InChI=1S/C29H28O6/c30-24-17-16-23(25(24)27(31)22-14-8-3-9-15-22)26(28(32)34-18-20-10-4-1-5-11-20)29(33)35-19-21-12-6-2-7-13-21/h1-15,23,25-27,31H,16-19H2. The molecule has 1 aliphatic rings. The summed E-state index contributed by atoms with van der Waals surface area (Å²) in [6.45, 7) is -0.0105. The van der Waals surface area contributed by atoms with E-state index in [-0.39, 0.29) is 25.4 Å². The van der Waals surface area contributed by atoms with Gasteiger partial charge in [-0.1, -0.05) is 91.0 Å². The number of ketones is 1. The van der Waals surface area contributed by atoms with E-state index < -0.39 is 35.8 Å². The Morgan fingerprint density at radius 1 is 0.771 bits per heavy atom. The second-order valence-corrected chi connectivity index (χ2v) is 8.71. The highest BCUT2D eigenvalue weighted by Gasteiger charge is 2.50. The van der Waals surface area contributed by atoms with E-state index in [1.54, 1.807) is 24.3 Å². The zero-order valence-corrected chi connectivity index (χ0v) is 19.3. The Balaban J connectivity index is 1.56. The van der Waals surface area contributed by atoms with Gasteiger partial charge in [0, 0.05) is 6.42 Å². The van der Waals surface area contributed by atoms with Crippen molar-refractivity contribution in [2.24, 2.45) is 17.8 Å². The number of esters is 2. The summed E-state index contributed by atoms with van der Waals surface area (Å²) in [6, 6.07) is 27.1. The van der Waals surface area contributed by atoms with Crippen molar-refractivity contribution in [2.45, 2.75) is 32.2 Å². The van der Waals surface area contributed by atoms with E-state index >= 15 is 0 Å². The highest BCUT2D eigenvalue weighted by atomic mass is 16.6. The molecule has 4 rings (SSSR count). The second-order valence-electron chi connectivity index (χ2n) is 8.71. The molecule has 180 valence electrons. The summed E-state index contributed by atoms with van der Waals surface area (Å²) in [6.07, 6.45) is -0.672. The van der Waals surface area contributed by atoms with Crippen LogP contribution in [0.25, 0.3) is 0 Å². The van der Waals surface area contributed by atoms with Gasteiger partial charge in [-0.3, -0.25) is 14.4 Å². The van der Waals surface area contributed by atoms with E-state index in [0.717, 1.165) is 11.1 Å². The fourth-order valence-electron chi connectivity index (χ4n) is 4.62. The predicted octanol–water partition coefficient (Wildman–Crippen LogP) is 4.42. The third kappa shape index (κ3) is 6.03. The summed E-state index contributed by atoms with van der Waals surface area (Å²) >= 11 is 0. The van der Waals surface area contributed by atoms with Crippen LogP contribution in [0.1, 0.15) is 35.6 Å². The summed E-state index contributed by atoms with van der Waals surface area (Å²) in [7, 11) is 0. The van der Waals surface area contributed by atoms with Gasteiger partial charge in [-0.05, 0) is 29.0 Å². The lowest BCUT2D eigenvalue weighted by Gasteiger charge is -2.28. The molecule has 0 heterocycles. The van der Waals surface area contributed by atoms with Gasteiger partial charge in [-0.15, -0.1) is 0 Å². The molecule has 0 radical (unpaired) electrons. The Kier molecular flexibility index (Phi) is 8.06. The number of aliphatic hydroxyl groups is 1. The molecule has 1 aliphatic carbocycles. The van der Waals surface area contributed by atoms with Crippen molar-refractivity contribution in [3.05, 3.63) is 108 Å². The van der Waals surface area contributed by atoms with Crippen molar-refractivity contribution in [3.8, 4) is 0 Å². The van der Waals surface area contributed by atoms with Gasteiger partial charge in [0.05, 0.1) is 12.0 Å². The van der Waals surface area contributed by atoms with Crippen molar-refractivity contribution < 1.29 is 29.0 Å². The number of hydrogen-bond acceptors (Lipinski definition) is 6. The summed E-state index contributed by atoms with van der Waals surface area (Å²) in [5.41, 5.74) is 2.12. The number of benzene rings is 3. The molecule has 6 nitrogen and oxygen atoms in total. The SMILES string of the molecule is O=C(OCc1ccccc1)C(C(=O)OCc1ccccc1)C1CCC(=O)C1C(O)c1ccccc1. The minimum absolute atomic E-state index is 0.00525. The molecule has 3 atom stereocenters. The number of Topliss-reactive ketones (excluding diaryl/α,β-unsaturated/α-hetero) is 1. The van der Waals surface area contributed by atoms with Gasteiger partial charge < -0.3 is 14.6 Å². The van der Waals surface area contributed by atoms with Gasteiger partial charge in [0.15, 0.2) is 5.92 Å². The van der Waals surface area contributed by atoms with E-state index in [9.17, 15) is 19.5 Å². The van der Waals surface area contributed by atoms with Crippen LogP contribution in [0, 0.1) is 17.8 Å². The number of aliphatic hydroxyl groups excluding tert-OH is 1. The molecule has 1 fully saturated rings. The van der Waals surface area contributed by atoms with Crippen molar-refractivity contribution in [1.29, 1.82) is 0 Å². The van der Waals surface area contributed by atoms with Crippen LogP contribution in [0.3, 0.4) is 0 Å². The molecule has 0 aromatic heterocycles. The van der Waals surface area contributed by atoms with Gasteiger partial charge in [0.25, 0.3) is 0 Å². The maximum Gasteiger partial charge on any atom is 0.320 e. The lowest BCUT2D eigenvalue weighted by Crippen LogP contribution is -2.38. The molecule has 1 N–H and O–H groups in total. The molecule has 0 spiro atoms. The molecule has 3 aromatic rings. The lowest BCUT2D eigenvalue weighted by atomic mass is 9.78. The first-order chi connectivity index (χ1) is 17.0. The highest BCUT2D eigenvalue weighted by Crippen LogP contribution is 2.43. The molecule has 3 unspecified atom stereocenters. The molecule has 3 aromatic carbocycles. The first-order valence-corrected chi connectivity index (χ1v) is 11.7. The Morgan fingerprint density at radius 2 is 1.23 bits per heavy atom. The Bertz CT molecular complexity index is 1070. The summed E-state index contributed by atoms with van der Waals surface area (Å²) in [4.78, 5) is 39.3. The average molecular weight is 473 g/mol. The summed E-state index contributed by atoms with van der Waals surface area (Å²) in [5, 5.41) is 11.1. The number of hydrogen-bond donors (Lipinski definition) is 1. The minimum atomic E-state index is -1.32. The van der Waals surface area contributed by atoms with Crippen LogP contribution in [-0.4, -0.2) is 22.8 Å². The van der Waals surface area contributed by atoms with Crippen LogP contribution in [0.2, 0.25) is 0 Å². The molecular weight excluding hydrogens is 444 g/mol. The number of carbonyl (C=O) groups is 3. The zero-order valence-electron chi connectivity index (χ0n) is 19.3. The van der Waals surface area contributed by atoms with Gasteiger partial charge in [0.2, 0.25) is 0 Å². The van der Waals surface area contributed by atoms with Crippen LogP contribution in [-0.2, 0) is 37.1 Å². The van der Waals surface area contributed by atoms with Gasteiger partial charge in [-0.25, -0.2) is 0 Å². The van der Waals surface area contributed by atoms with Gasteiger partial charge in [0.1, 0.15) is 19.0 Å². The Morgan fingerprint density at radius 3 is 1.71 bits per heavy atom. The van der Waals surface area contributed by atoms with Crippen molar-refractivity contribution in [2.75, 3.05) is 0 Å². The van der Waals surface area contributed by atoms with Crippen LogP contribution < -0.4 is 0 Å². The average Bonchev–Trinajstić information content (AvgIpc) is 3.28. The fraction of sp³-hybridized carbons (Fsp3) is 0.276. The van der Waals surface area contributed by atoms with Gasteiger partial charge in [-0.2, -0.15) is 0 Å². The predicted molar refractivity (Wildman–Crippen MR) is 129 cm³/mol. The Labute approximate surface area is 204 Å². The molecule has 6 heteroatoms. The first kappa shape index (κ1) is 24.4. The maximum atomic E-state index is 13.3. The third-order valence-electron chi connectivity index (χ3n) is 6.42. The van der Waals surface area contributed by atoms with Crippen molar-refractivity contribution in [3.63, 3.8) is 0 Å². The fourth-order valence-corrected chi connectivity index (χ4v) is 4.62. The molecule has 35 heavy (non-hydrogen) atoms. The quantitative estimate of drug-likeness (QED) is 0.366. The smallest absolute Gasteiger partial charge is 0.320 e. The van der Waals surface area contributed by atoms with Crippen LogP contribution in [0.4, 0.5) is 0 Å². The van der Waals surface area contributed by atoms with Crippen LogP contribution in [0.15, 0.2) is 91.0 Å². The molecule has 1 saturated carbocycles. The number of ether oxygens (including phenoxy) is 2. The lowest BCUT2D eigenvalue weighted by molar-refractivity contribution is -0.168. The van der Waals surface area contributed by atoms with E-state index in [0.29, 0.717) is 12.0 Å². The monoisotopic (exact) mass is 472 g/mol. The maximum absolute atomic E-state index is 13.3. The Hall–Kier alpha value is -3.77. The molecule has 0 saturated heterocycles. The summed E-state index contributed by atoms with van der Waals surface area (Å²) in [5.74, 6) is -4.64. The zero-order chi connectivity index (χ0) is 24.6. The van der Waals surface area contributed by atoms with Crippen molar-refractivity contribution in [1.82, 2.24) is 0 Å². The van der Waals surface area contributed by atoms with Crippen molar-refractivity contribution >= 4 is 17.7 Å². The first-order valence-electron chi connectivity index (χ1n) is 11.7. The van der Waals surface area contributed by atoms with E-state index in [2.05, 4.69) is 0 Å². The molecular formula is C29H28O6. The van der Waals surface area contributed by atoms with E-state index in [4.69, 9.17) is 9.47 Å². The van der Waals surface area contributed by atoms with E-state index in [1.807, 2.05) is 66.7 Å².